The van der Waals surface area contributed by atoms with Crippen molar-refractivity contribution in [3.63, 3.8) is 0 Å². The predicted octanol–water partition coefficient (Wildman–Crippen LogP) is 3.46. The van der Waals surface area contributed by atoms with Gasteiger partial charge in [-0.2, -0.15) is 5.10 Å². The van der Waals surface area contributed by atoms with Crippen LogP contribution in [0, 0.1) is 0 Å². The van der Waals surface area contributed by atoms with Crippen LogP contribution in [-0.2, 0) is 4.79 Å². The molecule has 2 amide bonds. The summed E-state index contributed by atoms with van der Waals surface area (Å²) in [6.45, 7) is -0.272. The number of hydrogen-bond donors (Lipinski definition) is 2. The Labute approximate surface area is 206 Å². The van der Waals surface area contributed by atoms with Gasteiger partial charge in [0.15, 0.2) is 11.5 Å². The topological polar surface area (TPSA) is 115 Å². The molecule has 2 N–H and O–H groups in total. The van der Waals surface area contributed by atoms with Gasteiger partial charge in [0, 0.05) is 10.6 Å². The maximum absolute atomic E-state index is 12.4. The van der Waals surface area contributed by atoms with E-state index in [1.165, 1.54) is 26.5 Å². The molecule has 180 valence electrons. The molecule has 0 aromatic heterocycles. The quantitative estimate of drug-likeness (QED) is 0.203. The molecule has 0 bridgehead atoms. The van der Waals surface area contributed by atoms with E-state index in [0.717, 1.165) is 0 Å². The van der Waals surface area contributed by atoms with Crippen molar-refractivity contribution in [3.8, 4) is 17.2 Å². The fourth-order valence-electron chi connectivity index (χ4n) is 2.85. The fourth-order valence-corrected chi connectivity index (χ4v) is 3.04. The average molecular weight is 496 g/mol. The van der Waals surface area contributed by atoms with Crippen LogP contribution in [-0.4, -0.2) is 44.8 Å². The number of rotatable bonds is 9. The van der Waals surface area contributed by atoms with E-state index in [2.05, 4.69) is 15.8 Å². The van der Waals surface area contributed by atoms with E-state index in [4.69, 9.17) is 25.8 Å². The number of hydrazone groups is 1. The Hall–Kier alpha value is -4.37. The molecule has 35 heavy (non-hydrogen) atoms. The van der Waals surface area contributed by atoms with E-state index in [-0.39, 0.29) is 12.3 Å². The summed E-state index contributed by atoms with van der Waals surface area (Å²) in [6.07, 6.45) is 1.38. The van der Waals surface area contributed by atoms with Crippen LogP contribution in [0.25, 0.3) is 0 Å². The number of amides is 2. The summed E-state index contributed by atoms with van der Waals surface area (Å²) in [5, 5.41) is 6.76. The predicted molar refractivity (Wildman–Crippen MR) is 130 cm³/mol. The molecule has 3 aromatic carbocycles. The van der Waals surface area contributed by atoms with Crippen LogP contribution in [0.2, 0.25) is 5.02 Å². The molecule has 9 nitrogen and oxygen atoms in total. The molecule has 10 heteroatoms. The van der Waals surface area contributed by atoms with Gasteiger partial charge < -0.3 is 19.5 Å². The van der Waals surface area contributed by atoms with Gasteiger partial charge in [-0.05, 0) is 66.2 Å². The van der Waals surface area contributed by atoms with E-state index in [9.17, 15) is 14.4 Å². The first-order valence-corrected chi connectivity index (χ1v) is 10.7. The Morgan fingerprint density at radius 3 is 2.37 bits per heavy atom. The number of carbonyl (C=O) groups excluding carboxylic acids is 3. The van der Waals surface area contributed by atoms with Crippen LogP contribution >= 0.6 is 11.6 Å². The lowest BCUT2D eigenvalue weighted by atomic mass is 10.2. The Balaban J connectivity index is 1.54. The van der Waals surface area contributed by atoms with Gasteiger partial charge in [-0.15, -0.1) is 0 Å². The molecule has 0 saturated heterocycles. The fraction of sp³-hybridized carbons (Fsp3) is 0.120. The van der Waals surface area contributed by atoms with E-state index in [1.54, 1.807) is 60.7 Å². The van der Waals surface area contributed by atoms with Gasteiger partial charge in [0.2, 0.25) is 0 Å². The van der Waals surface area contributed by atoms with Crippen molar-refractivity contribution in [2.24, 2.45) is 5.10 Å². The molecule has 0 aliphatic carbocycles. The van der Waals surface area contributed by atoms with Crippen LogP contribution < -0.4 is 25.0 Å². The average Bonchev–Trinajstić information content (AvgIpc) is 2.88. The lowest BCUT2D eigenvalue weighted by molar-refractivity contribution is -0.120. The largest absolute Gasteiger partial charge is 0.497 e. The van der Waals surface area contributed by atoms with E-state index in [1.807, 2.05) is 0 Å². The number of halogens is 1. The number of methoxy groups -OCH3 is 2. The van der Waals surface area contributed by atoms with Gasteiger partial charge >= 0.3 is 5.97 Å². The minimum absolute atomic E-state index is 0.221. The number of nitrogens with one attached hydrogen (secondary N) is 2. The minimum atomic E-state index is -0.556. The third kappa shape index (κ3) is 7.31. The standard InChI is InChI=1S/C25H22ClN3O6/c1-33-20-9-7-17(8-10-20)25(32)35-21-11-6-16(12-22(21)34-2)14-28-29-23(30)15-27-24(31)18-4-3-5-19(26)13-18/h3-14H,15H2,1-2H3,(H,27,31)(H,29,30)/b28-14-. The maximum atomic E-state index is 12.4. The monoisotopic (exact) mass is 495 g/mol. The van der Waals surface area contributed by atoms with Gasteiger partial charge in [0.25, 0.3) is 11.8 Å². The zero-order valence-corrected chi connectivity index (χ0v) is 19.7. The smallest absolute Gasteiger partial charge is 0.343 e. The molecule has 3 aromatic rings. The van der Waals surface area contributed by atoms with Crippen LogP contribution in [0.1, 0.15) is 26.3 Å². The maximum Gasteiger partial charge on any atom is 0.343 e. The van der Waals surface area contributed by atoms with Crippen molar-refractivity contribution in [1.82, 2.24) is 10.7 Å². The SMILES string of the molecule is COc1ccc(C(=O)Oc2ccc(/C=N\NC(=O)CNC(=O)c3cccc(Cl)c3)cc2OC)cc1. The van der Waals surface area contributed by atoms with Crippen molar-refractivity contribution in [2.45, 2.75) is 0 Å². The zero-order valence-electron chi connectivity index (χ0n) is 18.9. The normalized spacial score (nSPS) is 10.5. The highest BCUT2D eigenvalue weighted by Crippen LogP contribution is 2.28. The molecule has 0 unspecified atom stereocenters. The van der Waals surface area contributed by atoms with Crippen LogP contribution in [0.3, 0.4) is 0 Å². The number of carbonyl (C=O) groups is 3. The number of benzene rings is 3. The first-order chi connectivity index (χ1) is 16.9. The van der Waals surface area contributed by atoms with Gasteiger partial charge in [0.1, 0.15) is 5.75 Å². The lowest BCUT2D eigenvalue weighted by Crippen LogP contribution is -2.34. The molecule has 0 atom stereocenters. The molecule has 0 fully saturated rings. The lowest BCUT2D eigenvalue weighted by Gasteiger charge is -2.10. The molecule has 0 aliphatic rings. The second-order valence-corrected chi connectivity index (χ2v) is 7.45. The van der Waals surface area contributed by atoms with Crippen molar-refractivity contribution < 1.29 is 28.6 Å². The molecule has 3 rings (SSSR count). The summed E-state index contributed by atoms with van der Waals surface area (Å²) in [5.74, 6) is -0.364. The second-order valence-electron chi connectivity index (χ2n) is 7.01. The Morgan fingerprint density at radius 2 is 1.69 bits per heavy atom. The molecule has 0 radical (unpaired) electrons. The summed E-state index contributed by atoms with van der Waals surface area (Å²) >= 11 is 5.86. The summed E-state index contributed by atoms with van der Waals surface area (Å²) in [5.41, 5.74) is 3.59. The third-order valence-corrected chi connectivity index (χ3v) is 4.85. The Morgan fingerprint density at radius 1 is 0.914 bits per heavy atom. The van der Waals surface area contributed by atoms with E-state index >= 15 is 0 Å². The van der Waals surface area contributed by atoms with Gasteiger partial charge in [-0.1, -0.05) is 17.7 Å². The van der Waals surface area contributed by atoms with Crippen LogP contribution in [0.4, 0.5) is 0 Å². The van der Waals surface area contributed by atoms with Gasteiger partial charge in [0.05, 0.1) is 32.5 Å². The first-order valence-electron chi connectivity index (χ1n) is 10.3. The Kier molecular flexibility index (Phi) is 8.80. The van der Waals surface area contributed by atoms with E-state index < -0.39 is 17.8 Å². The Bertz CT molecular complexity index is 1240. The van der Waals surface area contributed by atoms with Crippen LogP contribution in [0.15, 0.2) is 71.8 Å². The third-order valence-electron chi connectivity index (χ3n) is 4.62. The molecular formula is C25H22ClN3O6. The van der Waals surface area contributed by atoms with Crippen molar-refractivity contribution in [3.05, 3.63) is 88.4 Å². The van der Waals surface area contributed by atoms with Crippen molar-refractivity contribution >= 4 is 35.6 Å². The van der Waals surface area contributed by atoms with Gasteiger partial charge in [-0.25, -0.2) is 10.2 Å². The first kappa shape index (κ1) is 25.3. The summed E-state index contributed by atoms with van der Waals surface area (Å²) in [7, 11) is 2.97. The number of hydrogen-bond acceptors (Lipinski definition) is 7. The van der Waals surface area contributed by atoms with Crippen molar-refractivity contribution in [2.75, 3.05) is 20.8 Å². The zero-order chi connectivity index (χ0) is 25.2. The summed E-state index contributed by atoms with van der Waals surface area (Å²) in [6, 6.07) is 17.6. The molecular weight excluding hydrogens is 474 g/mol. The van der Waals surface area contributed by atoms with Crippen LogP contribution in [0.5, 0.6) is 17.2 Å². The highest BCUT2D eigenvalue weighted by Gasteiger charge is 2.13. The molecule has 0 saturated carbocycles. The molecule has 0 aliphatic heterocycles. The summed E-state index contributed by atoms with van der Waals surface area (Å²) in [4.78, 5) is 36.4. The second kappa shape index (κ2) is 12.2. The van der Waals surface area contributed by atoms with E-state index in [0.29, 0.717) is 33.2 Å². The number of nitrogens with zero attached hydrogens (tertiary/aromatic N) is 1. The summed E-state index contributed by atoms with van der Waals surface area (Å²) < 4.78 is 15.8. The highest BCUT2D eigenvalue weighted by atomic mass is 35.5. The minimum Gasteiger partial charge on any atom is -0.497 e. The molecule has 0 heterocycles. The number of esters is 1. The van der Waals surface area contributed by atoms with Gasteiger partial charge in [-0.3, -0.25) is 9.59 Å². The number of ether oxygens (including phenoxy) is 3. The molecule has 0 spiro atoms. The highest BCUT2D eigenvalue weighted by molar-refractivity contribution is 6.31. The van der Waals surface area contributed by atoms with Crippen molar-refractivity contribution in [1.29, 1.82) is 0 Å².